The fourth-order valence-electron chi connectivity index (χ4n) is 2.73. The SMILES string of the molecule is Cc1ccc(Cc2nnc(NC(=O)c3cccc(SC(C)C)c3)o2)c(C)c1. The van der Waals surface area contributed by atoms with Crippen LogP contribution in [0.1, 0.15) is 46.8 Å². The summed E-state index contributed by atoms with van der Waals surface area (Å²) in [6, 6.07) is 13.9. The number of carbonyl (C=O) groups is 1. The van der Waals surface area contributed by atoms with Crippen molar-refractivity contribution in [1.82, 2.24) is 10.2 Å². The lowest BCUT2D eigenvalue weighted by molar-refractivity contribution is 0.102. The number of rotatable bonds is 6. The van der Waals surface area contributed by atoms with E-state index in [1.54, 1.807) is 17.8 Å². The molecular weight excluding hydrogens is 358 g/mol. The second-order valence-electron chi connectivity index (χ2n) is 6.76. The third-order valence-electron chi connectivity index (χ3n) is 4.00. The number of hydrogen-bond acceptors (Lipinski definition) is 5. The highest BCUT2D eigenvalue weighted by Crippen LogP contribution is 2.24. The second kappa shape index (κ2) is 8.39. The third-order valence-corrected chi connectivity index (χ3v) is 4.99. The first kappa shape index (κ1) is 19.2. The highest BCUT2D eigenvalue weighted by Gasteiger charge is 2.13. The van der Waals surface area contributed by atoms with E-state index in [4.69, 9.17) is 4.42 Å². The topological polar surface area (TPSA) is 68.0 Å². The molecule has 6 heteroatoms. The number of thioether (sulfide) groups is 1. The number of carbonyl (C=O) groups excluding carboxylic acids is 1. The van der Waals surface area contributed by atoms with Gasteiger partial charge in [-0.2, -0.15) is 0 Å². The second-order valence-corrected chi connectivity index (χ2v) is 8.41. The molecule has 5 nitrogen and oxygen atoms in total. The van der Waals surface area contributed by atoms with Crippen molar-refractivity contribution in [2.75, 3.05) is 5.32 Å². The lowest BCUT2D eigenvalue weighted by Gasteiger charge is -2.06. The molecule has 0 aliphatic carbocycles. The third kappa shape index (κ3) is 5.20. The van der Waals surface area contributed by atoms with Gasteiger partial charge in [-0.3, -0.25) is 10.1 Å². The summed E-state index contributed by atoms with van der Waals surface area (Å²) in [6.45, 7) is 8.36. The van der Waals surface area contributed by atoms with Crippen LogP contribution in [0.4, 0.5) is 6.01 Å². The van der Waals surface area contributed by atoms with Crippen LogP contribution < -0.4 is 5.32 Å². The molecule has 0 fully saturated rings. The lowest BCUT2D eigenvalue weighted by Crippen LogP contribution is -2.12. The molecule has 2 aromatic carbocycles. The Labute approximate surface area is 163 Å². The normalized spacial score (nSPS) is 11.0. The first-order valence-electron chi connectivity index (χ1n) is 8.87. The molecule has 3 aromatic rings. The largest absolute Gasteiger partial charge is 0.407 e. The van der Waals surface area contributed by atoms with Crippen molar-refractivity contribution in [3.05, 3.63) is 70.6 Å². The Kier molecular flexibility index (Phi) is 5.96. The van der Waals surface area contributed by atoms with Crippen LogP contribution in [0.15, 0.2) is 51.8 Å². The van der Waals surface area contributed by atoms with Crippen molar-refractivity contribution in [3.8, 4) is 0 Å². The quantitative estimate of drug-likeness (QED) is 0.607. The fourth-order valence-corrected chi connectivity index (χ4v) is 3.63. The Balaban J connectivity index is 1.67. The minimum absolute atomic E-state index is 0.113. The van der Waals surface area contributed by atoms with E-state index in [0.717, 1.165) is 10.5 Å². The molecule has 0 radical (unpaired) electrons. The number of aromatic nitrogens is 2. The van der Waals surface area contributed by atoms with Gasteiger partial charge in [0.25, 0.3) is 5.91 Å². The predicted molar refractivity (Wildman–Crippen MR) is 108 cm³/mol. The van der Waals surface area contributed by atoms with Crippen LogP contribution in [0, 0.1) is 13.8 Å². The van der Waals surface area contributed by atoms with Crippen molar-refractivity contribution in [1.29, 1.82) is 0 Å². The van der Waals surface area contributed by atoms with Crippen molar-refractivity contribution in [2.45, 2.75) is 44.3 Å². The Morgan fingerprint density at radius 1 is 1.15 bits per heavy atom. The summed E-state index contributed by atoms with van der Waals surface area (Å²) in [5.41, 5.74) is 4.08. The molecule has 0 spiro atoms. The van der Waals surface area contributed by atoms with E-state index in [9.17, 15) is 4.79 Å². The summed E-state index contributed by atoms with van der Waals surface area (Å²) < 4.78 is 5.60. The first-order valence-corrected chi connectivity index (χ1v) is 9.75. The van der Waals surface area contributed by atoms with Gasteiger partial charge in [-0.15, -0.1) is 16.9 Å². The summed E-state index contributed by atoms with van der Waals surface area (Å²) in [5, 5.41) is 11.1. The highest BCUT2D eigenvalue weighted by atomic mass is 32.2. The van der Waals surface area contributed by atoms with Gasteiger partial charge in [-0.1, -0.05) is 48.8 Å². The molecule has 0 aliphatic heterocycles. The molecule has 0 bridgehead atoms. The maximum atomic E-state index is 12.5. The minimum Gasteiger partial charge on any atom is -0.407 e. The number of nitrogens with one attached hydrogen (secondary N) is 1. The zero-order chi connectivity index (χ0) is 19.4. The lowest BCUT2D eigenvalue weighted by atomic mass is 10.0. The first-order chi connectivity index (χ1) is 12.9. The van der Waals surface area contributed by atoms with Gasteiger partial charge in [-0.05, 0) is 43.2 Å². The van der Waals surface area contributed by atoms with Crippen LogP contribution in [0.25, 0.3) is 0 Å². The van der Waals surface area contributed by atoms with Crippen molar-refractivity contribution in [2.24, 2.45) is 0 Å². The minimum atomic E-state index is -0.261. The molecule has 1 amide bonds. The molecule has 3 rings (SSSR count). The van der Waals surface area contributed by atoms with E-state index in [1.165, 1.54) is 11.1 Å². The summed E-state index contributed by atoms with van der Waals surface area (Å²) in [5.74, 6) is 0.212. The Morgan fingerprint density at radius 3 is 2.70 bits per heavy atom. The predicted octanol–water partition coefficient (Wildman–Crippen LogP) is 5.03. The monoisotopic (exact) mass is 381 g/mol. The van der Waals surface area contributed by atoms with Gasteiger partial charge < -0.3 is 4.42 Å². The molecule has 0 unspecified atom stereocenters. The van der Waals surface area contributed by atoms with Gasteiger partial charge in [0, 0.05) is 15.7 Å². The molecule has 0 atom stereocenters. The standard InChI is InChI=1S/C21H23N3O2S/c1-13(2)27-18-7-5-6-17(11-18)20(25)22-21-24-23-19(26-21)12-16-9-8-14(3)10-15(16)4/h5-11,13H,12H2,1-4H3,(H,22,24,25). The van der Waals surface area contributed by atoms with Crippen LogP contribution >= 0.6 is 11.8 Å². The summed E-state index contributed by atoms with van der Waals surface area (Å²) in [7, 11) is 0. The molecule has 0 saturated heterocycles. The average Bonchev–Trinajstić information content (AvgIpc) is 3.04. The highest BCUT2D eigenvalue weighted by molar-refractivity contribution is 7.99. The zero-order valence-electron chi connectivity index (χ0n) is 15.9. The maximum Gasteiger partial charge on any atom is 0.322 e. The Hall–Kier alpha value is -2.60. The number of aryl methyl sites for hydroxylation is 2. The number of hydrogen-bond donors (Lipinski definition) is 1. The van der Waals surface area contributed by atoms with Gasteiger partial charge in [0.15, 0.2) is 0 Å². The number of nitrogens with zero attached hydrogens (tertiary/aromatic N) is 2. The van der Waals surface area contributed by atoms with E-state index in [2.05, 4.69) is 61.4 Å². The van der Waals surface area contributed by atoms with Crippen LogP contribution in [0.2, 0.25) is 0 Å². The molecule has 0 saturated carbocycles. The van der Waals surface area contributed by atoms with E-state index >= 15 is 0 Å². The molecule has 1 N–H and O–H groups in total. The number of benzene rings is 2. The van der Waals surface area contributed by atoms with Crippen LogP contribution in [-0.4, -0.2) is 21.4 Å². The smallest absolute Gasteiger partial charge is 0.322 e. The van der Waals surface area contributed by atoms with Crippen LogP contribution in [0.3, 0.4) is 0 Å². The Morgan fingerprint density at radius 2 is 1.96 bits per heavy atom. The molecule has 0 aliphatic rings. The molecular formula is C21H23N3O2S. The number of amides is 1. The number of anilines is 1. The molecule has 1 heterocycles. The van der Waals surface area contributed by atoms with Gasteiger partial charge in [0.05, 0.1) is 6.42 Å². The van der Waals surface area contributed by atoms with E-state index in [0.29, 0.717) is 23.1 Å². The zero-order valence-corrected chi connectivity index (χ0v) is 16.8. The van der Waals surface area contributed by atoms with E-state index in [-0.39, 0.29) is 11.9 Å². The Bertz CT molecular complexity index is 950. The van der Waals surface area contributed by atoms with Crippen LogP contribution in [0.5, 0.6) is 0 Å². The molecule has 140 valence electrons. The maximum absolute atomic E-state index is 12.5. The van der Waals surface area contributed by atoms with Crippen molar-refractivity contribution in [3.63, 3.8) is 0 Å². The van der Waals surface area contributed by atoms with Crippen molar-refractivity contribution >= 4 is 23.7 Å². The van der Waals surface area contributed by atoms with Gasteiger partial charge in [0.2, 0.25) is 5.89 Å². The van der Waals surface area contributed by atoms with Gasteiger partial charge >= 0.3 is 6.01 Å². The molecule has 1 aromatic heterocycles. The average molecular weight is 382 g/mol. The molecule has 27 heavy (non-hydrogen) atoms. The summed E-state index contributed by atoms with van der Waals surface area (Å²) in [6.07, 6.45) is 0.537. The van der Waals surface area contributed by atoms with Gasteiger partial charge in [0.1, 0.15) is 0 Å². The summed E-state index contributed by atoms with van der Waals surface area (Å²) in [4.78, 5) is 13.5. The van der Waals surface area contributed by atoms with Crippen LogP contribution in [-0.2, 0) is 6.42 Å². The van der Waals surface area contributed by atoms with E-state index in [1.807, 2.05) is 18.2 Å². The van der Waals surface area contributed by atoms with Gasteiger partial charge in [-0.25, -0.2) is 0 Å². The fraction of sp³-hybridized carbons (Fsp3) is 0.286. The van der Waals surface area contributed by atoms with E-state index < -0.39 is 0 Å². The van der Waals surface area contributed by atoms with Crippen molar-refractivity contribution < 1.29 is 9.21 Å². The summed E-state index contributed by atoms with van der Waals surface area (Å²) >= 11 is 1.71.